The smallest absolute Gasteiger partial charge is 0.387 e. The Kier molecular flexibility index (Phi) is 5.16. The van der Waals surface area contributed by atoms with Gasteiger partial charge in [-0.2, -0.15) is 8.78 Å². The van der Waals surface area contributed by atoms with Crippen molar-refractivity contribution >= 4 is 9.84 Å². The minimum absolute atomic E-state index is 0.0519. The van der Waals surface area contributed by atoms with Crippen LogP contribution in [0, 0.1) is 0 Å². The van der Waals surface area contributed by atoms with E-state index in [2.05, 4.69) is 10.1 Å². The van der Waals surface area contributed by atoms with Gasteiger partial charge in [0.15, 0.2) is 9.84 Å². The van der Waals surface area contributed by atoms with Crippen molar-refractivity contribution in [3.63, 3.8) is 0 Å². The lowest BCUT2D eigenvalue weighted by molar-refractivity contribution is -0.0498. The maximum absolute atomic E-state index is 12.1. The van der Waals surface area contributed by atoms with Gasteiger partial charge in [-0.25, -0.2) is 8.42 Å². The molecule has 4 nitrogen and oxygen atoms in total. The van der Waals surface area contributed by atoms with Gasteiger partial charge in [0.1, 0.15) is 5.75 Å². The van der Waals surface area contributed by atoms with Gasteiger partial charge in [-0.3, -0.25) is 0 Å². The normalized spacial score (nSPS) is 23.0. The standard InChI is InChI=1S/C14H19F2NO3S/c1-10(17-12-3-2-8-21(18,19)9-12)11-4-6-13(7-5-11)20-14(15)16/h4-7,10,12,14,17H,2-3,8-9H2,1H3. The van der Waals surface area contributed by atoms with Gasteiger partial charge in [-0.05, 0) is 37.5 Å². The third kappa shape index (κ3) is 4.93. The Morgan fingerprint density at radius 2 is 1.95 bits per heavy atom. The Balaban J connectivity index is 1.95. The molecule has 0 bridgehead atoms. The number of benzene rings is 1. The van der Waals surface area contributed by atoms with Crippen LogP contribution in [-0.4, -0.2) is 32.6 Å². The molecule has 2 unspecified atom stereocenters. The van der Waals surface area contributed by atoms with Gasteiger partial charge >= 0.3 is 6.61 Å². The molecular formula is C14H19F2NO3S. The van der Waals surface area contributed by atoms with Crippen LogP contribution in [0.2, 0.25) is 0 Å². The molecule has 1 fully saturated rings. The highest BCUT2D eigenvalue weighted by Crippen LogP contribution is 2.21. The minimum Gasteiger partial charge on any atom is -0.435 e. The molecule has 1 saturated heterocycles. The zero-order chi connectivity index (χ0) is 15.5. The molecule has 1 aromatic rings. The summed E-state index contributed by atoms with van der Waals surface area (Å²) in [5.41, 5.74) is 0.902. The molecule has 1 N–H and O–H groups in total. The Morgan fingerprint density at radius 1 is 1.29 bits per heavy atom. The fourth-order valence-electron chi connectivity index (χ4n) is 2.54. The van der Waals surface area contributed by atoms with E-state index in [0.29, 0.717) is 6.42 Å². The fraction of sp³-hybridized carbons (Fsp3) is 0.571. The Labute approximate surface area is 123 Å². The van der Waals surface area contributed by atoms with Crippen LogP contribution in [0.3, 0.4) is 0 Å². The van der Waals surface area contributed by atoms with Crippen LogP contribution in [0.25, 0.3) is 0 Å². The summed E-state index contributed by atoms with van der Waals surface area (Å²) in [5.74, 6) is 0.532. The van der Waals surface area contributed by atoms with E-state index in [1.807, 2.05) is 6.92 Å². The number of halogens is 2. The summed E-state index contributed by atoms with van der Waals surface area (Å²) in [5, 5.41) is 3.28. The van der Waals surface area contributed by atoms with Crippen LogP contribution in [0.15, 0.2) is 24.3 Å². The highest BCUT2D eigenvalue weighted by molar-refractivity contribution is 7.91. The molecule has 0 radical (unpaired) electrons. The maximum Gasteiger partial charge on any atom is 0.387 e. The average Bonchev–Trinajstić information content (AvgIpc) is 2.37. The summed E-state index contributed by atoms with van der Waals surface area (Å²) in [6.07, 6.45) is 1.50. The van der Waals surface area contributed by atoms with Crippen molar-refractivity contribution < 1.29 is 21.9 Å². The Morgan fingerprint density at radius 3 is 2.52 bits per heavy atom. The predicted octanol–water partition coefficient (Wildman–Crippen LogP) is 2.52. The van der Waals surface area contributed by atoms with Crippen LogP contribution in [0.4, 0.5) is 8.78 Å². The third-order valence-electron chi connectivity index (χ3n) is 3.55. The van der Waals surface area contributed by atoms with E-state index in [1.54, 1.807) is 12.1 Å². The highest BCUT2D eigenvalue weighted by atomic mass is 32.2. The van der Waals surface area contributed by atoms with Gasteiger partial charge in [0.25, 0.3) is 0 Å². The highest BCUT2D eigenvalue weighted by Gasteiger charge is 2.25. The number of sulfone groups is 1. The molecule has 0 aliphatic carbocycles. The second-order valence-corrected chi connectivity index (χ2v) is 7.52. The maximum atomic E-state index is 12.1. The predicted molar refractivity (Wildman–Crippen MR) is 76.3 cm³/mol. The van der Waals surface area contributed by atoms with Crippen molar-refractivity contribution in [3.8, 4) is 5.75 Å². The van der Waals surface area contributed by atoms with E-state index in [0.717, 1.165) is 12.0 Å². The monoisotopic (exact) mass is 319 g/mol. The Bertz CT molecular complexity index is 560. The lowest BCUT2D eigenvalue weighted by atomic mass is 10.1. The molecule has 0 amide bonds. The molecular weight excluding hydrogens is 300 g/mol. The van der Waals surface area contributed by atoms with Crippen LogP contribution < -0.4 is 10.1 Å². The molecule has 1 heterocycles. The Hall–Kier alpha value is -1.21. The summed E-state index contributed by atoms with van der Waals surface area (Å²) in [6.45, 7) is -0.914. The first-order chi connectivity index (χ1) is 9.85. The van der Waals surface area contributed by atoms with Crippen molar-refractivity contribution in [2.24, 2.45) is 0 Å². The van der Waals surface area contributed by atoms with Crippen LogP contribution >= 0.6 is 0 Å². The second kappa shape index (κ2) is 6.70. The quantitative estimate of drug-likeness (QED) is 0.906. The van der Waals surface area contributed by atoms with Crippen molar-refractivity contribution in [1.29, 1.82) is 0 Å². The first-order valence-corrected chi connectivity index (χ1v) is 8.69. The number of hydrogen-bond donors (Lipinski definition) is 1. The average molecular weight is 319 g/mol. The minimum atomic E-state index is -2.95. The number of hydrogen-bond acceptors (Lipinski definition) is 4. The first kappa shape index (κ1) is 16.2. The fourth-order valence-corrected chi connectivity index (χ4v) is 4.19. The summed E-state index contributed by atoms with van der Waals surface area (Å²) in [6, 6.07) is 6.26. The van der Waals surface area contributed by atoms with Crippen LogP contribution in [-0.2, 0) is 9.84 Å². The molecule has 2 atom stereocenters. The SMILES string of the molecule is CC(NC1CCCS(=O)(=O)C1)c1ccc(OC(F)F)cc1. The van der Waals surface area contributed by atoms with E-state index in [1.165, 1.54) is 12.1 Å². The molecule has 118 valence electrons. The van der Waals surface area contributed by atoms with Crippen molar-refractivity contribution in [2.75, 3.05) is 11.5 Å². The molecule has 0 aromatic heterocycles. The van der Waals surface area contributed by atoms with E-state index in [-0.39, 0.29) is 29.3 Å². The molecule has 0 spiro atoms. The molecule has 2 rings (SSSR count). The van der Waals surface area contributed by atoms with Gasteiger partial charge < -0.3 is 10.1 Å². The zero-order valence-corrected chi connectivity index (χ0v) is 12.6. The van der Waals surface area contributed by atoms with Crippen molar-refractivity contribution in [2.45, 2.75) is 38.5 Å². The van der Waals surface area contributed by atoms with E-state index >= 15 is 0 Å². The number of rotatable bonds is 5. The summed E-state index contributed by atoms with van der Waals surface area (Å²) < 4.78 is 51.6. The van der Waals surface area contributed by atoms with Crippen LogP contribution in [0.5, 0.6) is 5.75 Å². The molecule has 1 aliphatic heterocycles. The van der Waals surface area contributed by atoms with E-state index in [9.17, 15) is 17.2 Å². The third-order valence-corrected chi connectivity index (χ3v) is 5.37. The second-order valence-electron chi connectivity index (χ2n) is 5.29. The van der Waals surface area contributed by atoms with Crippen LogP contribution in [0.1, 0.15) is 31.4 Å². The molecule has 7 heteroatoms. The zero-order valence-electron chi connectivity index (χ0n) is 11.8. The number of ether oxygens (including phenoxy) is 1. The largest absolute Gasteiger partial charge is 0.435 e. The molecule has 1 aliphatic rings. The first-order valence-electron chi connectivity index (χ1n) is 6.87. The van der Waals surface area contributed by atoms with Gasteiger partial charge in [-0.15, -0.1) is 0 Å². The number of alkyl halides is 2. The molecule has 21 heavy (non-hydrogen) atoms. The van der Waals surface area contributed by atoms with Gasteiger partial charge in [-0.1, -0.05) is 12.1 Å². The lowest BCUT2D eigenvalue weighted by Gasteiger charge is -2.26. The van der Waals surface area contributed by atoms with Gasteiger partial charge in [0, 0.05) is 12.1 Å². The van der Waals surface area contributed by atoms with Crippen molar-refractivity contribution in [3.05, 3.63) is 29.8 Å². The summed E-state index contributed by atoms with van der Waals surface area (Å²) in [7, 11) is -2.95. The molecule has 1 aromatic carbocycles. The van der Waals surface area contributed by atoms with E-state index in [4.69, 9.17) is 0 Å². The summed E-state index contributed by atoms with van der Waals surface area (Å²) in [4.78, 5) is 0. The number of nitrogens with one attached hydrogen (secondary N) is 1. The topological polar surface area (TPSA) is 55.4 Å². The van der Waals surface area contributed by atoms with Crippen molar-refractivity contribution in [1.82, 2.24) is 5.32 Å². The van der Waals surface area contributed by atoms with E-state index < -0.39 is 16.4 Å². The van der Waals surface area contributed by atoms with Gasteiger partial charge in [0.2, 0.25) is 0 Å². The molecule has 0 saturated carbocycles. The van der Waals surface area contributed by atoms with Gasteiger partial charge in [0.05, 0.1) is 11.5 Å². The lowest BCUT2D eigenvalue weighted by Crippen LogP contribution is -2.41. The summed E-state index contributed by atoms with van der Waals surface area (Å²) >= 11 is 0.